The molecule has 94 valence electrons. The molecule has 1 saturated heterocycles. The summed E-state index contributed by atoms with van der Waals surface area (Å²) in [6.07, 6.45) is 0. The van der Waals surface area contributed by atoms with Crippen molar-refractivity contribution >= 4 is 0 Å². The van der Waals surface area contributed by atoms with Gasteiger partial charge in [-0.25, -0.2) is 0 Å². The SMILES string of the molecule is Cc1ccc(C2(C(N)CO)COC2)c(C)c1C. The van der Waals surface area contributed by atoms with Crippen molar-refractivity contribution in [3.05, 3.63) is 34.4 Å². The number of benzene rings is 1. The first-order valence-corrected chi connectivity index (χ1v) is 6.04. The molecule has 0 radical (unpaired) electrons. The number of aryl methyl sites for hydroxylation is 1. The van der Waals surface area contributed by atoms with Gasteiger partial charge in [-0.1, -0.05) is 12.1 Å². The Morgan fingerprint density at radius 2 is 1.94 bits per heavy atom. The van der Waals surface area contributed by atoms with Gasteiger partial charge in [0.1, 0.15) is 0 Å². The summed E-state index contributed by atoms with van der Waals surface area (Å²) in [6, 6.07) is 4.01. The third-order valence-electron chi connectivity index (χ3n) is 4.22. The molecule has 0 saturated carbocycles. The quantitative estimate of drug-likeness (QED) is 0.827. The average Bonchev–Trinajstić information content (AvgIpc) is 2.27. The summed E-state index contributed by atoms with van der Waals surface area (Å²) in [5.74, 6) is 0. The van der Waals surface area contributed by atoms with Gasteiger partial charge < -0.3 is 15.6 Å². The Morgan fingerprint density at radius 1 is 1.29 bits per heavy atom. The summed E-state index contributed by atoms with van der Waals surface area (Å²) in [4.78, 5) is 0. The van der Waals surface area contributed by atoms with Crippen molar-refractivity contribution in [3.63, 3.8) is 0 Å². The van der Waals surface area contributed by atoms with Gasteiger partial charge in [0.15, 0.2) is 0 Å². The molecule has 3 N–H and O–H groups in total. The van der Waals surface area contributed by atoms with Crippen LogP contribution in [0.15, 0.2) is 12.1 Å². The van der Waals surface area contributed by atoms with Crippen LogP contribution in [0.2, 0.25) is 0 Å². The largest absolute Gasteiger partial charge is 0.395 e. The van der Waals surface area contributed by atoms with E-state index < -0.39 is 0 Å². The molecule has 0 bridgehead atoms. The molecule has 1 heterocycles. The highest BCUT2D eigenvalue weighted by Crippen LogP contribution is 2.38. The van der Waals surface area contributed by atoms with Crippen LogP contribution in [0, 0.1) is 20.8 Å². The molecule has 1 aliphatic heterocycles. The van der Waals surface area contributed by atoms with E-state index in [4.69, 9.17) is 10.5 Å². The molecule has 1 aromatic rings. The van der Waals surface area contributed by atoms with Crippen LogP contribution >= 0.6 is 0 Å². The van der Waals surface area contributed by atoms with Crippen molar-refractivity contribution in [2.45, 2.75) is 32.2 Å². The first-order valence-electron chi connectivity index (χ1n) is 6.04. The zero-order valence-corrected chi connectivity index (χ0v) is 10.8. The van der Waals surface area contributed by atoms with E-state index in [9.17, 15) is 5.11 Å². The van der Waals surface area contributed by atoms with Crippen molar-refractivity contribution in [1.29, 1.82) is 0 Å². The standard InChI is InChI=1S/C14H21NO2/c1-9-4-5-12(11(3)10(9)2)14(7-17-8-14)13(15)6-16/h4-5,13,16H,6-8,15H2,1-3H3. The molecule has 0 amide bonds. The Labute approximate surface area is 103 Å². The van der Waals surface area contributed by atoms with E-state index in [1.165, 1.54) is 22.3 Å². The van der Waals surface area contributed by atoms with E-state index in [-0.39, 0.29) is 18.1 Å². The van der Waals surface area contributed by atoms with Crippen molar-refractivity contribution in [2.24, 2.45) is 5.73 Å². The average molecular weight is 235 g/mol. The summed E-state index contributed by atoms with van der Waals surface area (Å²) in [6.45, 7) is 7.58. The van der Waals surface area contributed by atoms with Crippen LogP contribution in [0.1, 0.15) is 22.3 Å². The maximum Gasteiger partial charge on any atom is 0.0601 e. The molecule has 0 spiro atoms. The highest BCUT2D eigenvalue weighted by atomic mass is 16.5. The molecule has 0 aromatic heterocycles. The molecular weight excluding hydrogens is 214 g/mol. The Morgan fingerprint density at radius 3 is 2.41 bits per heavy atom. The lowest BCUT2D eigenvalue weighted by molar-refractivity contribution is -0.0801. The molecule has 1 fully saturated rings. The molecule has 2 rings (SSSR count). The fourth-order valence-corrected chi connectivity index (χ4v) is 2.56. The predicted octanol–water partition coefficient (Wildman–Crippen LogP) is 1.20. The zero-order chi connectivity index (χ0) is 12.6. The zero-order valence-electron chi connectivity index (χ0n) is 10.8. The van der Waals surface area contributed by atoms with E-state index in [1.807, 2.05) is 0 Å². The van der Waals surface area contributed by atoms with Gasteiger partial charge in [-0.15, -0.1) is 0 Å². The van der Waals surface area contributed by atoms with E-state index in [0.29, 0.717) is 13.2 Å². The van der Waals surface area contributed by atoms with Gasteiger partial charge in [-0.2, -0.15) is 0 Å². The van der Waals surface area contributed by atoms with E-state index in [1.54, 1.807) is 0 Å². The van der Waals surface area contributed by atoms with Gasteiger partial charge in [0, 0.05) is 6.04 Å². The van der Waals surface area contributed by atoms with Crippen molar-refractivity contribution < 1.29 is 9.84 Å². The lowest BCUT2D eigenvalue weighted by Gasteiger charge is -2.46. The van der Waals surface area contributed by atoms with Gasteiger partial charge >= 0.3 is 0 Å². The van der Waals surface area contributed by atoms with Gasteiger partial charge in [0.05, 0.1) is 25.2 Å². The topological polar surface area (TPSA) is 55.5 Å². The highest BCUT2D eigenvalue weighted by Gasteiger charge is 2.46. The molecule has 1 unspecified atom stereocenters. The number of rotatable bonds is 3. The Hall–Kier alpha value is -0.900. The van der Waals surface area contributed by atoms with Gasteiger partial charge in [0.25, 0.3) is 0 Å². The van der Waals surface area contributed by atoms with Crippen LogP contribution in [0.25, 0.3) is 0 Å². The first kappa shape index (κ1) is 12.6. The number of nitrogens with two attached hydrogens (primary N) is 1. The lowest BCUT2D eigenvalue weighted by atomic mass is 9.70. The van der Waals surface area contributed by atoms with E-state index in [2.05, 4.69) is 32.9 Å². The van der Waals surface area contributed by atoms with Gasteiger partial charge in [-0.3, -0.25) is 0 Å². The minimum absolute atomic E-state index is 0.00424. The second kappa shape index (κ2) is 4.41. The minimum atomic E-state index is -0.253. The van der Waals surface area contributed by atoms with Crippen LogP contribution < -0.4 is 5.73 Å². The van der Waals surface area contributed by atoms with Gasteiger partial charge in [-0.05, 0) is 43.0 Å². The van der Waals surface area contributed by atoms with E-state index in [0.717, 1.165) is 0 Å². The van der Waals surface area contributed by atoms with Crippen molar-refractivity contribution in [3.8, 4) is 0 Å². The summed E-state index contributed by atoms with van der Waals surface area (Å²) in [5, 5.41) is 9.33. The number of aliphatic hydroxyl groups excluding tert-OH is 1. The molecule has 3 heteroatoms. The second-order valence-electron chi connectivity index (χ2n) is 5.12. The number of hydrogen-bond donors (Lipinski definition) is 2. The molecule has 0 aliphatic carbocycles. The summed E-state index contributed by atoms with van der Waals surface area (Å²) < 4.78 is 5.35. The Balaban J connectivity index is 2.49. The summed E-state index contributed by atoms with van der Waals surface area (Å²) in [7, 11) is 0. The van der Waals surface area contributed by atoms with E-state index >= 15 is 0 Å². The van der Waals surface area contributed by atoms with Crippen LogP contribution in [-0.2, 0) is 10.2 Å². The molecule has 17 heavy (non-hydrogen) atoms. The minimum Gasteiger partial charge on any atom is -0.395 e. The Bertz CT molecular complexity index is 424. The number of ether oxygens (including phenoxy) is 1. The maximum absolute atomic E-state index is 9.33. The van der Waals surface area contributed by atoms with Crippen LogP contribution in [-0.4, -0.2) is 31.0 Å². The summed E-state index contributed by atoms with van der Waals surface area (Å²) >= 11 is 0. The fraction of sp³-hybridized carbons (Fsp3) is 0.571. The molecule has 1 aromatic carbocycles. The third-order valence-corrected chi connectivity index (χ3v) is 4.22. The maximum atomic E-state index is 9.33. The highest BCUT2D eigenvalue weighted by molar-refractivity contribution is 5.45. The smallest absolute Gasteiger partial charge is 0.0601 e. The molecular formula is C14H21NO2. The van der Waals surface area contributed by atoms with Crippen molar-refractivity contribution in [1.82, 2.24) is 0 Å². The number of aliphatic hydroxyl groups is 1. The Kier molecular flexibility index (Phi) is 3.25. The third kappa shape index (κ3) is 1.79. The monoisotopic (exact) mass is 235 g/mol. The van der Waals surface area contributed by atoms with Gasteiger partial charge in [0.2, 0.25) is 0 Å². The van der Waals surface area contributed by atoms with Crippen LogP contribution in [0.5, 0.6) is 0 Å². The van der Waals surface area contributed by atoms with Crippen LogP contribution in [0.4, 0.5) is 0 Å². The molecule has 1 aliphatic rings. The second-order valence-corrected chi connectivity index (χ2v) is 5.12. The van der Waals surface area contributed by atoms with Crippen molar-refractivity contribution in [2.75, 3.05) is 19.8 Å². The summed E-state index contributed by atoms with van der Waals surface area (Å²) in [5.41, 5.74) is 11.0. The molecule has 3 nitrogen and oxygen atoms in total. The normalized spacial score (nSPS) is 19.8. The predicted molar refractivity (Wildman–Crippen MR) is 68.2 cm³/mol. The fourth-order valence-electron chi connectivity index (χ4n) is 2.56. The van der Waals surface area contributed by atoms with Crippen LogP contribution in [0.3, 0.4) is 0 Å². The number of hydrogen-bond acceptors (Lipinski definition) is 3. The molecule has 1 atom stereocenters. The lowest BCUT2D eigenvalue weighted by Crippen LogP contribution is -2.60. The first-order chi connectivity index (χ1) is 8.03.